The molecule has 33 heavy (non-hydrogen) atoms. The number of rotatable bonds is 7. The molecule has 1 fully saturated rings. The monoisotopic (exact) mass is 458 g/mol. The van der Waals surface area contributed by atoms with Gasteiger partial charge in [-0.25, -0.2) is 9.79 Å². The molecule has 0 bridgehead atoms. The first-order valence-corrected chi connectivity index (χ1v) is 11.3. The van der Waals surface area contributed by atoms with Crippen LogP contribution in [-0.2, 0) is 11.4 Å². The maximum Gasteiger partial charge on any atom is 0.335 e. The van der Waals surface area contributed by atoms with Crippen molar-refractivity contribution >= 4 is 40.6 Å². The third-order valence-electron chi connectivity index (χ3n) is 4.95. The van der Waals surface area contributed by atoms with Gasteiger partial charge in [0.15, 0.2) is 5.17 Å². The minimum absolute atomic E-state index is 0.125. The summed E-state index contributed by atoms with van der Waals surface area (Å²) in [5, 5.41) is 9.72. The highest BCUT2D eigenvalue weighted by Gasteiger charge is 2.32. The predicted octanol–water partition coefficient (Wildman–Crippen LogP) is 5.59. The number of thioether (sulfide) groups is 1. The van der Waals surface area contributed by atoms with Gasteiger partial charge in [0.25, 0.3) is 5.91 Å². The van der Waals surface area contributed by atoms with Crippen molar-refractivity contribution in [3.05, 3.63) is 100 Å². The number of carbonyl (C=O) groups is 2. The lowest BCUT2D eigenvalue weighted by molar-refractivity contribution is -0.122. The highest BCUT2D eigenvalue weighted by molar-refractivity contribution is 8.18. The zero-order chi connectivity index (χ0) is 23.2. The summed E-state index contributed by atoms with van der Waals surface area (Å²) in [5.41, 5.74) is 2.62. The van der Waals surface area contributed by atoms with Gasteiger partial charge in [-0.3, -0.25) is 9.69 Å². The molecule has 1 heterocycles. The number of ether oxygens (including phenoxy) is 1. The number of carboxylic acids is 1. The van der Waals surface area contributed by atoms with Crippen LogP contribution in [0.5, 0.6) is 5.75 Å². The smallest absolute Gasteiger partial charge is 0.335 e. The number of carboxylic acid groups (broad SMARTS) is 1. The van der Waals surface area contributed by atoms with Gasteiger partial charge < -0.3 is 9.84 Å². The summed E-state index contributed by atoms with van der Waals surface area (Å²) in [6.45, 7) is 2.83. The second-order valence-electron chi connectivity index (χ2n) is 7.25. The Morgan fingerprint density at radius 2 is 1.82 bits per heavy atom. The fraction of sp³-hybridized carbons (Fsp3) is 0.115. The Balaban J connectivity index is 1.49. The molecule has 3 aromatic carbocycles. The molecule has 1 aliphatic rings. The number of benzene rings is 3. The van der Waals surface area contributed by atoms with Gasteiger partial charge >= 0.3 is 5.97 Å². The SMILES string of the molecule is CCN1C(=O)/C(=C\c2ccc(OCc3ccccc3)cc2)SC1=Nc1cccc(C(=O)O)c1. The Kier molecular flexibility index (Phi) is 6.90. The molecule has 1 saturated heterocycles. The summed E-state index contributed by atoms with van der Waals surface area (Å²) in [5.74, 6) is -0.390. The maximum atomic E-state index is 12.9. The van der Waals surface area contributed by atoms with Crippen LogP contribution in [0.25, 0.3) is 6.08 Å². The number of carbonyl (C=O) groups excluding carboxylic acids is 1. The van der Waals surface area contributed by atoms with Crippen LogP contribution in [0.4, 0.5) is 5.69 Å². The summed E-state index contributed by atoms with van der Waals surface area (Å²) in [6.07, 6.45) is 1.83. The van der Waals surface area contributed by atoms with Gasteiger partial charge in [0.1, 0.15) is 12.4 Å². The van der Waals surface area contributed by atoms with Crippen LogP contribution in [0.2, 0.25) is 0 Å². The second-order valence-corrected chi connectivity index (χ2v) is 8.26. The molecule has 1 N–H and O–H groups in total. The molecule has 6 nitrogen and oxygen atoms in total. The summed E-state index contributed by atoms with van der Waals surface area (Å²) in [7, 11) is 0. The molecule has 0 saturated carbocycles. The number of hydrogen-bond donors (Lipinski definition) is 1. The van der Waals surface area contributed by atoms with Gasteiger partial charge in [-0.15, -0.1) is 0 Å². The molecular weight excluding hydrogens is 436 g/mol. The molecule has 0 unspecified atom stereocenters. The van der Waals surface area contributed by atoms with Crippen molar-refractivity contribution in [1.29, 1.82) is 0 Å². The zero-order valence-corrected chi connectivity index (χ0v) is 18.8. The molecule has 166 valence electrons. The molecule has 7 heteroatoms. The van der Waals surface area contributed by atoms with E-state index < -0.39 is 5.97 Å². The van der Waals surface area contributed by atoms with Crippen LogP contribution in [0, 0.1) is 0 Å². The first-order chi connectivity index (χ1) is 16.0. The van der Waals surface area contributed by atoms with Crippen molar-refractivity contribution in [2.24, 2.45) is 4.99 Å². The zero-order valence-electron chi connectivity index (χ0n) is 18.0. The molecule has 0 atom stereocenters. The molecule has 1 amide bonds. The van der Waals surface area contributed by atoms with E-state index in [4.69, 9.17) is 4.74 Å². The lowest BCUT2D eigenvalue weighted by Crippen LogP contribution is -2.28. The van der Waals surface area contributed by atoms with Crippen LogP contribution in [0.1, 0.15) is 28.4 Å². The van der Waals surface area contributed by atoms with Crippen molar-refractivity contribution < 1.29 is 19.4 Å². The summed E-state index contributed by atoms with van der Waals surface area (Å²) in [6, 6.07) is 23.9. The Bertz CT molecular complexity index is 1220. The van der Waals surface area contributed by atoms with Gasteiger partial charge in [-0.05, 0) is 66.2 Å². The fourth-order valence-electron chi connectivity index (χ4n) is 3.24. The standard InChI is InChI=1S/C26H22N2O4S/c1-2-28-24(29)23(33-26(28)27-21-10-6-9-20(16-21)25(30)31)15-18-11-13-22(14-12-18)32-17-19-7-4-3-5-8-19/h3-16H,2,17H2,1H3,(H,30,31)/b23-15+,27-26?. The lowest BCUT2D eigenvalue weighted by Gasteiger charge is -2.12. The molecule has 0 radical (unpaired) electrons. The van der Waals surface area contributed by atoms with E-state index in [1.54, 1.807) is 17.0 Å². The van der Waals surface area contributed by atoms with Crippen molar-refractivity contribution in [3.8, 4) is 5.75 Å². The largest absolute Gasteiger partial charge is 0.489 e. The summed E-state index contributed by atoms with van der Waals surface area (Å²) < 4.78 is 5.82. The van der Waals surface area contributed by atoms with Gasteiger partial charge in [-0.1, -0.05) is 48.5 Å². The van der Waals surface area contributed by atoms with Crippen LogP contribution in [0.3, 0.4) is 0 Å². The third-order valence-corrected chi connectivity index (χ3v) is 5.95. The molecule has 4 rings (SSSR count). The van der Waals surface area contributed by atoms with Crippen LogP contribution in [-0.4, -0.2) is 33.6 Å². The minimum Gasteiger partial charge on any atom is -0.489 e. The number of aliphatic imine (C=N–C) groups is 1. The van der Waals surface area contributed by atoms with E-state index in [1.807, 2.05) is 67.6 Å². The summed E-state index contributed by atoms with van der Waals surface area (Å²) >= 11 is 1.28. The van der Waals surface area contributed by atoms with E-state index in [-0.39, 0.29) is 11.5 Å². The number of aromatic carboxylic acids is 1. The van der Waals surface area contributed by atoms with Gasteiger partial charge in [0.05, 0.1) is 16.2 Å². The molecular formula is C26H22N2O4S. The van der Waals surface area contributed by atoms with Crippen molar-refractivity contribution in [3.63, 3.8) is 0 Å². The maximum absolute atomic E-state index is 12.9. The van der Waals surface area contributed by atoms with E-state index in [0.29, 0.717) is 28.9 Å². The first kappa shape index (κ1) is 22.4. The fourth-order valence-corrected chi connectivity index (χ4v) is 4.30. The highest BCUT2D eigenvalue weighted by atomic mass is 32.2. The van der Waals surface area contributed by atoms with Crippen molar-refractivity contribution in [2.45, 2.75) is 13.5 Å². The highest BCUT2D eigenvalue weighted by Crippen LogP contribution is 2.34. The molecule has 3 aromatic rings. The van der Waals surface area contributed by atoms with Crippen LogP contribution >= 0.6 is 11.8 Å². The molecule has 0 spiro atoms. The average Bonchev–Trinajstić information content (AvgIpc) is 3.13. The van der Waals surface area contributed by atoms with E-state index in [9.17, 15) is 14.7 Å². The number of amidine groups is 1. The molecule has 0 aromatic heterocycles. The molecule has 1 aliphatic heterocycles. The first-order valence-electron chi connectivity index (χ1n) is 10.4. The molecule has 0 aliphatic carbocycles. The number of likely N-dealkylation sites (N-methyl/N-ethyl adjacent to an activating group) is 1. The number of hydrogen-bond acceptors (Lipinski definition) is 5. The topological polar surface area (TPSA) is 79.2 Å². The number of amides is 1. The van der Waals surface area contributed by atoms with Crippen LogP contribution in [0.15, 0.2) is 88.8 Å². The van der Waals surface area contributed by atoms with E-state index in [0.717, 1.165) is 16.9 Å². The lowest BCUT2D eigenvalue weighted by atomic mass is 10.2. The Hall–Kier alpha value is -3.84. The van der Waals surface area contributed by atoms with Gasteiger partial charge in [-0.2, -0.15) is 0 Å². The predicted molar refractivity (Wildman–Crippen MR) is 131 cm³/mol. The average molecular weight is 459 g/mol. The van der Waals surface area contributed by atoms with Crippen molar-refractivity contribution in [1.82, 2.24) is 4.90 Å². The van der Waals surface area contributed by atoms with Crippen LogP contribution < -0.4 is 4.74 Å². The Labute approximate surface area is 196 Å². The van der Waals surface area contributed by atoms with E-state index in [1.165, 1.54) is 23.9 Å². The number of nitrogens with zero attached hydrogens (tertiary/aromatic N) is 2. The van der Waals surface area contributed by atoms with E-state index in [2.05, 4.69) is 4.99 Å². The Morgan fingerprint density at radius 1 is 1.06 bits per heavy atom. The third kappa shape index (κ3) is 5.51. The van der Waals surface area contributed by atoms with Gasteiger partial charge in [0, 0.05) is 6.54 Å². The van der Waals surface area contributed by atoms with E-state index >= 15 is 0 Å². The summed E-state index contributed by atoms with van der Waals surface area (Å²) in [4.78, 5) is 30.8. The quantitative estimate of drug-likeness (QED) is 0.467. The second kappa shape index (κ2) is 10.2. The minimum atomic E-state index is -1.02. The van der Waals surface area contributed by atoms with Gasteiger partial charge in [0.2, 0.25) is 0 Å². The normalized spacial score (nSPS) is 15.9. The Morgan fingerprint density at radius 3 is 2.52 bits per heavy atom. The van der Waals surface area contributed by atoms with Crippen molar-refractivity contribution in [2.75, 3.05) is 6.54 Å².